The molecular formula is C12H13N3O2. The second-order valence-corrected chi connectivity index (χ2v) is 3.58. The second kappa shape index (κ2) is 4.78. The molecule has 0 spiro atoms. The summed E-state index contributed by atoms with van der Waals surface area (Å²) in [7, 11) is 0. The Kier molecular flexibility index (Phi) is 3.18. The first-order valence-corrected chi connectivity index (χ1v) is 5.40. The molecule has 0 atom stereocenters. The maximum Gasteiger partial charge on any atom is 0.282 e. The fraction of sp³-hybridized carbons (Fsp3) is 0.250. The van der Waals surface area contributed by atoms with Crippen LogP contribution in [-0.4, -0.2) is 22.8 Å². The molecule has 17 heavy (non-hydrogen) atoms. The second-order valence-electron chi connectivity index (χ2n) is 3.58. The van der Waals surface area contributed by atoms with Gasteiger partial charge in [-0.25, -0.2) is 4.63 Å². The minimum atomic E-state index is -0.197. The molecule has 0 bridgehead atoms. The van der Waals surface area contributed by atoms with Gasteiger partial charge in [0.05, 0.1) is 0 Å². The average molecular weight is 231 g/mol. The van der Waals surface area contributed by atoms with Crippen molar-refractivity contribution in [2.24, 2.45) is 0 Å². The number of nitrogens with zero attached hydrogens (tertiary/aromatic N) is 3. The SMILES string of the molecule is CCN(C(=O)c1nonc1C)c1ccccc1. The monoisotopic (exact) mass is 231 g/mol. The van der Waals surface area contributed by atoms with Gasteiger partial charge in [0, 0.05) is 12.2 Å². The molecule has 1 aromatic carbocycles. The van der Waals surface area contributed by atoms with Crippen LogP contribution in [0.3, 0.4) is 0 Å². The maximum atomic E-state index is 12.2. The van der Waals surface area contributed by atoms with E-state index in [0.29, 0.717) is 12.2 Å². The van der Waals surface area contributed by atoms with E-state index in [9.17, 15) is 4.79 Å². The Morgan fingerprint density at radius 1 is 1.29 bits per heavy atom. The number of amides is 1. The predicted octanol–water partition coefficient (Wildman–Crippen LogP) is 2.04. The lowest BCUT2D eigenvalue weighted by Gasteiger charge is -2.19. The molecule has 0 aliphatic rings. The fourth-order valence-electron chi connectivity index (χ4n) is 1.60. The number of benzene rings is 1. The number of carbonyl (C=O) groups is 1. The quantitative estimate of drug-likeness (QED) is 0.811. The molecule has 1 amide bonds. The molecule has 0 unspecified atom stereocenters. The molecule has 1 aromatic heterocycles. The van der Waals surface area contributed by atoms with E-state index in [1.165, 1.54) is 0 Å². The van der Waals surface area contributed by atoms with E-state index >= 15 is 0 Å². The van der Waals surface area contributed by atoms with E-state index in [2.05, 4.69) is 14.9 Å². The Labute approximate surface area is 99.0 Å². The Bertz CT molecular complexity index is 507. The van der Waals surface area contributed by atoms with Gasteiger partial charge in [-0.1, -0.05) is 23.4 Å². The number of rotatable bonds is 3. The molecule has 5 nitrogen and oxygen atoms in total. The lowest BCUT2D eigenvalue weighted by molar-refractivity contribution is 0.0978. The van der Waals surface area contributed by atoms with Crippen molar-refractivity contribution in [1.29, 1.82) is 0 Å². The van der Waals surface area contributed by atoms with Crippen molar-refractivity contribution in [3.8, 4) is 0 Å². The van der Waals surface area contributed by atoms with Crippen LogP contribution in [0.2, 0.25) is 0 Å². The zero-order chi connectivity index (χ0) is 12.3. The molecule has 0 aliphatic heterocycles. The number of para-hydroxylation sites is 1. The smallest absolute Gasteiger partial charge is 0.282 e. The number of hydrogen-bond donors (Lipinski definition) is 0. The van der Waals surface area contributed by atoms with Gasteiger partial charge in [0.25, 0.3) is 5.91 Å². The number of carbonyl (C=O) groups excluding carboxylic acids is 1. The molecule has 0 aliphatic carbocycles. The summed E-state index contributed by atoms with van der Waals surface area (Å²) in [6.07, 6.45) is 0. The highest BCUT2D eigenvalue weighted by Gasteiger charge is 2.21. The topological polar surface area (TPSA) is 59.2 Å². The molecule has 0 saturated carbocycles. The Balaban J connectivity index is 2.32. The number of anilines is 1. The molecule has 0 radical (unpaired) electrons. The number of aromatic nitrogens is 2. The summed E-state index contributed by atoms with van der Waals surface area (Å²) in [4.78, 5) is 13.9. The van der Waals surface area contributed by atoms with Crippen molar-refractivity contribution in [3.63, 3.8) is 0 Å². The van der Waals surface area contributed by atoms with Gasteiger partial charge in [-0.2, -0.15) is 0 Å². The van der Waals surface area contributed by atoms with Gasteiger partial charge in [-0.05, 0) is 31.1 Å². The Hall–Kier alpha value is -2.17. The predicted molar refractivity (Wildman–Crippen MR) is 62.8 cm³/mol. The lowest BCUT2D eigenvalue weighted by atomic mass is 10.2. The van der Waals surface area contributed by atoms with Gasteiger partial charge in [-0.3, -0.25) is 4.79 Å². The highest BCUT2D eigenvalue weighted by molar-refractivity contribution is 6.05. The van der Waals surface area contributed by atoms with Crippen LogP contribution >= 0.6 is 0 Å². The lowest BCUT2D eigenvalue weighted by Crippen LogP contribution is -2.31. The molecule has 2 rings (SSSR count). The molecule has 5 heteroatoms. The summed E-state index contributed by atoms with van der Waals surface area (Å²) in [6, 6.07) is 9.44. The van der Waals surface area contributed by atoms with Crippen LogP contribution in [0.15, 0.2) is 35.0 Å². The third-order valence-electron chi connectivity index (χ3n) is 2.48. The van der Waals surface area contributed by atoms with E-state index < -0.39 is 0 Å². The number of hydrogen-bond acceptors (Lipinski definition) is 4. The van der Waals surface area contributed by atoms with Gasteiger partial charge in [-0.15, -0.1) is 0 Å². The van der Waals surface area contributed by atoms with Crippen LogP contribution in [0.4, 0.5) is 5.69 Å². The highest BCUT2D eigenvalue weighted by atomic mass is 16.6. The summed E-state index contributed by atoms with van der Waals surface area (Å²) < 4.78 is 4.55. The summed E-state index contributed by atoms with van der Waals surface area (Å²) in [5.41, 5.74) is 1.60. The molecule has 0 fully saturated rings. The summed E-state index contributed by atoms with van der Waals surface area (Å²) in [5.74, 6) is -0.197. The van der Waals surface area contributed by atoms with Crippen molar-refractivity contribution < 1.29 is 9.42 Å². The van der Waals surface area contributed by atoms with Gasteiger partial charge in [0.1, 0.15) is 5.69 Å². The first-order valence-electron chi connectivity index (χ1n) is 5.40. The van der Waals surface area contributed by atoms with Crippen molar-refractivity contribution >= 4 is 11.6 Å². The first-order chi connectivity index (χ1) is 8.24. The summed E-state index contributed by atoms with van der Waals surface area (Å²) in [5, 5.41) is 7.25. The van der Waals surface area contributed by atoms with Crippen LogP contribution in [0.5, 0.6) is 0 Å². The summed E-state index contributed by atoms with van der Waals surface area (Å²) in [6.45, 7) is 4.17. The average Bonchev–Trinajstić information content (AvgIpc) is 2.77. The Morgan fingerprint density at radius 2 is 2.00 bits per heavy atom. The molecular weight excluding hydrogens is 218 g/mol. The van der Waals surface area contributed by atoms with Crippen LogP contribution in [0, 0.1) is 6.92 Å². The first kappa shape index (κ1) is 11.3. The van der Waals surface area contributed by atoms with Gasteiger partial charge < -0.3 is 4.90 Å². The van der Waals surface area contributed by atoms with Crippen LogP contribution in [-0.2, 0) is 0 Å². The van der Waals surface area contributed by atoms with Crippen molar-refractivity contribution in [3.05, 3.63) is 41.7 Å². The molecule has 0 N–H and O–H groups in total. The van der Waals surface area contributed by atoms with E-state index in [0.717, 1.165) is 5.69 Å². The Morgan fingerprint density at radius 3 is 2.53 bits per heavy atom. The van der Waals surface area contributed by atoms with Crippen molar-refractivity contribution in [2.75, 3.05) is 11.4 Å². The molecule has 88 valence electrons. The molecule has 1 heterocycles. The molecule has 0 saturated heterocycles. The van der Waals surface area contributed by atoms with Crippen LogP contribution in [0.25, 0.3) is 0 Å². The van der Waals surface area contributed by atoms with E-state index in [1.807, 2.05) is 37.3 Å². The van der Waals surface area contributed by atoms with Gasteiger partial charge in [0.2, 0.25) is 0 Å². The normalized spacial score (nSPS) is 10.2. The minimum Gasteiger partial charge on any atom is -0.307 e. The maximum absolute atomic E-state index is 12.2. The highest BCUT2D eigenvalue weighted by Crippen LogP contribution is 2.16. The van der Waals surface area contributed by atoms with Crippen LogP contribution in [0.1, 0.15) is 23.1 Å². The fourth-order valence-corrected chi connectivity index (χ4v) is 1.60. The van der Waals surface area contributed by atoms with Crippen molar-refractivity contribution in [1.82, 2.24) is 10.3 Å². The van der Waals surface area contributed by atoms with Crippen LogP contribution < -0.4 is 4.90 Å². The zero-order valence-corrected chi connectivity index (χ0v) is 9.75. The zero-order valence-electron chi connectivity index (χ0n) is 9.75. The number of aryl methyl sites for hydroxylation is 1. The molecule has 2 aromatic rings. The van der Waals surface area contributed by atoms with E-state index in [4.69, 9.17) is 0 Å². The third-order valence-corrected chi connectivity index (χ3v) is 2.48. The summed E-state index contributed by atoms with van der Waals surface area (Å²) >= 11 is 0. The largest absolute Gasteiger partial charge is 0.307 e. The standard InChI is InChI=1S/C12H13N3O2/c1-3-15(10-7-5-4-6-8-10)12(16)11-9(2)13-17-14-11/h4-8H,3H2,1-2H3. The third kappa shape index (κ3) is 2.18. The van der Waals surface area contributed by atoms with Crippen molar-refractivity contribution in [2.45, 2.75) is 13.8 Å². The van der Waals surface area contributed by atoms with E-state index in [1.54, 1.807) is 11.8 Å². The van der Waals surface area contributed by atoms with Gasteiger partial charge >= 0.3 is 0 Å². The van der Waals surface area contributed by atoms with E-state index in [-0.39, 0.29) is 11.6 Å². The minimum absolute atomic E-state index is 0.197. The van der Waals surface area contributed by atoms with Gasteiger partial charge in [0.15, 0.2) is 5.69 Å².